The van der Waals surface area contributed by atoms with Gasteiger partial charge in [-0.05, 0) is 37.8 Å². The van der Waals surface area contributed by atoms with Crippen LogP contribution in [0.4, 0.5) is 13.2 Å². The van der Waals surface area contributed by atoms with E-state index in [4.69, 9.17) is 24.2 Å². The summed E-state index contributed by atoms with van der Waals surface area (Å²) in [7, 11) is 0. The van der Waals surface area contributed by atoms with E-state index < -0.39 is 12.1 Å². The molecule has 2 aromatic rings. The number of aryl methyl sites for hydroxylation is 1. The molecule has 1 unspecified atom stereocenters. The summed E-state index contributed by atoms with van der Waals surface area (Å²) in [5.41, 5.74) is 2.57. The van der Waals surface area contributed by atoms with Gasteiger partial charge in [-0.1, -0.05) is 0 Å². The lowest BCUT2D eigenvalue weighted by Gasteiger charge is -2.31. The van der Waals surface area contributed by atoms with Crippen LogP contribution in [-0.2, 0) is 29.2 Å². The number of alkyl halides is 3. The van der Waals surface area contributed by atoms with Crippen LogP contribution in [0.15, 0.2) is 29.0 Å². The first kappa shape index (κ1) is 22.4. The number of carbonyl (C=O) groups is 1. The maximum absolute atomic E-state index is 10.6. The van der Waals surface area contributed by atoms with E-state index in [1.807, 2.05) is 12.1 Å². The maximum Gasteiger partial charge on any atom is 0.490 e. The molecule has 3 heterocycles. The van der Waals surface area contributed by atoms with E-state index in [2.05, 4.69) is 22.7 Å². The summed E-state index contributed by atoms with van der Waals surface area (Å²) in [6, 6.07) is 3.99. The zero-order valence-electron chi connectivity index (χ0n) is 16.8. The molecule has 166 valence electrons. The van der Waals surface area contributed by atoms with Crippen LogP contribution in [0, 0.1) is 5.92 Å². The molecule has 1 aliphatic carbocycles. The smallest absolute Gasteiger partial charge is 0.475 e. The summed E-state index contributed by atoms with van der Waals surface area (Å²) in [5, 5.41) is 11.9. The van der Waals surface area contributed by atoms with E-state index in [0.29, 0.717) is 5.92 Å². The second kappa shape index (κ2) is 9.65. The number of aromatic nitrogens is 2. The Balaban J connectivity index is 0.000000318. The van der Waals surface area contributed by atoms with Gasteiger partial charge in [-0.3, -0.25) is 9.58 Å². The summed E-state index contributed by atoms with van der Waals surface area (Å²) in [4.78, 5) is 11.3. The summed E-state index contributed by atoms with van der Waals surface area (Å²) < 4.78 is 45.3. The first-order chi connectivity index (χ1) is 14.3. The molecule has 0 bridgehead atoms. The fraction of sp³-hybridized carbons (Fsp3) is 0.600. The number of carboxylic acids is 1. The van der Waals surface area contributed by atoms with Crippen molar-refractivity contribution in [3.05, 3.63) is 41.6 Å². The second-order valence-corrected chi connectivity index (χ2v) is 7.62. The van der Waals surface area contributed by atoms with E-state index in [1.165, 1.54) is 24.1 Å². The van der Waals surface area contributed by atoms with Crippen molar-refractivity contribution in [2.24, 2.45) is 5.92 Å². The lowest BCUT2D eigenvalue weighted by atomic mass is 9.95. The quantitative estimate of drug-likeness (QED) is 0.724. The Kier molecular flexibility index (Phi) is 7.19. The molecule has 0 spiro atoms. The molecule has 1 atom stereocenters. The molecule has 2 aliphatic rings. The molecular weight excluding hydrogens is 403 g/mol. The molecule has 2 aromatic heterocycles. The number of nitrogens with zero attached hydrogens (tertiary/aromatic N) is 3. The van der Waals surface area contributed by atoms with Crippen LogP contribution < -0.4 is 0 Å². The average Bonchev–Trinajstić information content (AvgIpc) is 3.18. The molecule has 1 saturated carbocycles. The number of carboxylic acid groups (broad SMARTS) is 1. The van der Waals surface area contributed by atoms with Gasteiger partial charge in [0, 0.05) is 43.9 Å². The fourth-order valence-electron chi connectivity index (χ4n) is 3.34. The SMILES string of the molecule is CCn1cc2c(n1)CN(Cc1ccco1)CC2COCC1CC1.O=C(O)C(F)(F)F. The molecule has 7 nitrogen and oxygen atoms in total. The van der Waals surface area contributed by atoms with Gasteiger partial charge in [-0.2, -0.15) is 18.3 Å². The van der Waals surface area contributed by atoms with Crippen LogP contribution in [-0.4, -0.2) is 51.7 Å². The summed E-state index contributed by atoms with van der Waals surface area (Å²) in [6.07, 6.45) is 1.56. The van der Waals surface area contributed by atoms with Gasteiger partial charge in [0.15, 0.2) is 0 Å². The minimum atomic E-state index is -5.08. The molecule has 0 radical (unpaired) electrons. The van der Waals surface area contributed by atoms with Gasteiger partial charge in [0.05, 0.1) is 25.1 Å². The average molecular weight is 429 g/mol. The van der Waals surface area contributed by atoms with Gasteiger partial charge in [0.25, 0.3) is 0 Å². The zero-order valence-corrected chi connectivity index (χ0v) is 16.8. The molecule has 0 saturated heterocycles. The zero-order chi connectivity index (χ0) is 21.7. The highest BCUT2D eigenvalue weighted by Crippen LogP contribution is 2.32. The van der Waals surface area contributed by atoms with Crippen molar-refractivity contribution in [2.75, 3.05) is 19.8 Å². The minimum absolute atomic E-state index is 0.410. The van der Waals surface area contributed by atoms with Crippen LogP contribution in [0.5, 0.6) is 0 Å². The van der Waals surface area contributed by atoms with Gasteiger partial charge in [0.2, 0.25) is 0 Å². The Hall–Kier alpha value is -2.33. The van der Waals surface area contributed by atoms with Crippen molar-refractivity contribution < 1.29 is 32.2 Å². The van der Waals surface area contributed by atoms with Gasteiger partial charge < -0.3 is 14.3 Å². The first-order valence-electron chi connectivity index (χ1n) is 9.95. The summed E-state index contributed by atoms with van der Waals surface area (Å²) in [5.74, 6) is -0.517. The maximum atomic E-state index is 10.6. The fourth-order valence-corrected chi connectivity index (χ4v) is 3.34. The van der Waals surface area contributed by atoms with Gasteiger partial charge >= 0.3 is 12.1 Å². The summed E-state index contributed by atoms with van der Waals surface area (Å²) in [6.45, 7) is 7.51. The summed E-state index contributed by atoms with van der Waals surface area (Å²) >= 11 is 0. The normalized spacial score (nSPS) is 19.1. The standard InChI is InChI=1S/C18H25N3O2.C2HF3O2/c1-2-21-10-17-15(13-22-12-14-5-6-14)8-20(11-18(17)19-21)9-16-4-3-7-23-16;3-2(4,5)1(6)7/h3-4,7,10,14-15H,2,5-6,8-9,11-13H2,1H3;(H,6,7). The topological polar surface area (TPSA) is 80.7 Å². The van der Waals surface area contributed by atoms with E-state index in [0.717, 1.165) is 51.1 Å². The van der Waals surface area contributed by atoms with Crippen LogP contribution in [0.2, 0.25) is 0 Å². The van der Waals surface area contributed by atoms with E-state index >= 15 is 0 Å². The van der Waals surface area contributed by atoms with Crippen LogP contribution in [0.1, 0.15) is 42.7 Å². The number of aliphatic carboxylic acids is 1. The third kappa shape index (κ3) is 6.33. The van der Waals surface area contributed by atoms with Crippen LogP contribution in [0.25, 0.3) is 0 Å². The highest BCUT2D eigenvalue weighted by Gasteiger charge is 2.38. The van der Waals surface area contributed by atoms with E-state index in [9.17, 15) is 13.2 Å². The Bertz CT molecular complexity index is 816. The van der Waals surface area contributed by atoms with E-state index in [1.54, 1.807) is 6.26 Å². The van der Waals surface area contributed by atoms with Gasteiger partial charge in [-0.15, -0.1) is 0 Å². The third-order valence-electron chi connectivity index (χ3n) is 5.06. The molecule has 1 aliphatic heterocycles. The predicted molar refractivity (Wildman–Crippen MR) is 101 cm³/mol. The molecule has 4 rings (SSSR count). The Labute approximate surface area is 172 Å². The van der Waals surface area contributed by atoms with Crippen LogP contribution >= 0.6 is 0 Å². The number of furan rings is 1. The Morgan fingerprint density at radius 2 is 2.10 bits per heavy atom. The van der Waals surface area contributed by atoms with Crippen molar-refractivity contribution in [3.63, 3.8) is 0 Å². The van der Waals surface area contributed by atoms with Crippen molar-refractivity contribution in [1.82, 2.24) is 14.7 Å². The van der Waals surface area contributed by atoms with Gasteiger partial charge in [0.1, 0.15) is 5.76 Å². The van der Waals surface area contributed by atoms with E-state index in [-0.39, 0.29) is 0 Å². The molecule has 30 heavy (non-hydrogen) atoms. The van der Waals surface area contributed by atoms with Crippen molar-refractivity contribution >= 4 is 5.97 Å². The Morgan fingerprint density at radius 1 is 1.37 bits per heavy atom. The second-order valence-electron chi connectivity index (χ2n) is 7.62. The molecule has 0 aromatic carbocycles. The lowest BCUT2D eigenvalue weighted by Crippen LogP contribution is -2.34. The van der Waals surface area contributed by atoms with Crippen molar-refractivity contribution in [1.29, 1.82) is 0 Å². The lowest BCUT2D eigenvalue weighted by molar-refractivity contribution is -0.192. The Morgan fingerprint density at radius 3 is 2.67 bits per heavy atom. The largest absolute Gasteiger partial charge is 0.490 e. The highest BCUT2D eigenvalue weighted by atomic mass is 19.4. The molecule has 10 heteroatoms. The minimum Gasteiger partial charge on any atom is -0.475 e. The number of fused-ring (bicyclic) bond motifs is 1. The monoisotopic (exact) mass is 429 g/mol. The number of rotatable bonds is 7. The molecule has 0 amide bonds. The first-order valence-corrected chi connectivity index (χ1v) is 9.95. The molecule has 1 N–H and O–H groups in total. The highest BCUT2D eigenvalue weighted by molar-refractivity contribution is 5.73. The number of hydrogen-bond donors (Lipinski definition) is 1. The predicted octanol–water partition coefficient (Wildman–Crippen LogP) is 3.66. The number of hydrogen-bond acceptors (Lipinski definition) is 5. The van der Waals surface area contributed by atoms with Crippen molar-refractivity contribution in [2.45, 2.75) is 51.5 Å². The number of ether oxygens (including phenoxy) is 1. The third-order valence-corrected chi connectivity index (χ3v) is 5.06. The molecule has 1 fully saturated rings. The van der Waals surface area contributed by atoms with Crippen molar-refractivity contribution in [3.8, 4) is 0 Å². The van der Waals surface area contributed by atoms with Crippen LogP contribution in [0.3, 0.4) is 0 Å². The number of halogens is 3. The van der Waals surface area contributed by atoms with Gasteiger partial charge in [-0.25, -0.2) is 4.79 Å². The molecular formula is C20H26F3N3O4.